The molecule has 202 valence electrons. The molecule has 2 aromatic heterocycles. The Morgan fingerprint density at radius 3 is 2.65 bits per heavy atom. The SMILES string of the molecule is Cc1cc2cc(C(F)(F)F)cc(C#N)c2c(O)c1CCOc1ccc(Cl)cc1-c1ccnc2c(C(=O)O)csc12. The van der Waals surface area contributed by atoms with Gasteiger partial charge in [-0.2, -0.15) is 18.4 Å². The van der Waals surface area contributed by atoms with Gasteiger partial charge in [0.1, 0.15) is 11.5 Å². The number of phenols is 1. The van der Waals surface area contributed by atoms with Gasteiger partial charge in [-0.25, -0.2) is 4.79 Å². The number of aryl methyl sites for hydroxylation is 1. The van der Waals surface area contributed by atoms with Crippen LogP contribution in [-0.4, -0.2) is 27.8 Å². The number of ether oxygens (including phenoxy) is 1. The largest absolute Gasteiger partial charge is 0.507 e. The summed E-state index contributed by atoms with van der Waals surface area (Å²) in [4.78, 5) is 15.8. The summed E-state index contributed by atoms with van der Waals surface area (Å²) in [5, 5.41) is 32.1. The molecule has 0 aliphatic rings. The number of phenolic OH excluding ortho intramolecular Hbond substituents is 1. The maximum Gasteiger partial charge on any atom is 0.416 e. The highest BCUT2D eigenvalue weighted by Gasteiger charge is 2.32. The number of aromatic carboxylic acids is 1. The molecule has 0 saturated heterocycles. The summed E-state index contributed by atoms with van der Waals surface area (Å²) in [5.74, 6) is -0.901. The molecule has 0 fully saturated rings. The lowest BCUT2D eigenvalue weighted by molar-refractivity contribution is -0.137. The highest BCUT2D eigenvalue weighted by atomic mass is 35.5. The molecule has 0 aliphatic carbocycles. The van der Waals surface area contributed by atoms with E-state index in [2.05, 4.69) is 4.98 Å². The summed E-state index contributed by atoms with van der Waals surface area (Å²) in [6, 6.07) is 11.7. The summed E-state index contributed by atoms with van der Waals surface area (Å²) in [7, 11) is 0. The van der Waals surface area contributed by atoms with Gasteiger partial charge in [-0.15, -0.1) is 11.3 Å². The van der Waals surface area contributed by atoms with Crippen molar-refractivity contribution in [3.63, 3.8) is 0 Å². The zero-order valence-electron chi connectivity index (χ0n) is 20.6. The van der Waals surface area contributed by atoms with E-state index >= 15 is 0 Å². The number of hydrogen-bond acceptors (Lipinski definition) is 6. The standard InChI is InChI=1S/C29H18ClF3N2O4S/c1-14-8-15-9-17(29(31,32)33)10-16(12-34)24(15)26(36)19(14)5-7-39-23-3-2-18(30)11-21(23)20-4-6-35-25-22(28(37)38)13-40-27(20)25/h2-4,6,8-11,13,36H,5,7H2,1H3,(H,37,38). The Bertz CT molecular complexity index is 1860. The van der Waals surface area contributed by atoms with Crippen molar-refractivity contribution in [2.45, 2.75) is 19.5 Å². The summed E-state index contributed by atoms with van der Waals surface area (Å²) < 4.78 is 46.7. The number of nitrogens with zero attached hydrogens (tertiary/aromatic N) is 2. The number of fused-ring (bicyclic) bond motifs is 2. The van der Waals surface area contributed by atoms with Crippen LogP contribution in [0.15, 0.2) is 54.0 Å². The van der Waals surface area contributed by atoms with Crippen LogP contribution in [0.1, 0.15) is 32.6 Å². The normalized spacial score (nSPS) is 11.6. The molecule has 6 nitrogen and oxygen atoms in total. The summed E-state index contributed by atoms with van der Waals surface area (Å²) in [6.45, 7) is 1.75. The van der Waals surface area contributed by atoms with E-state index in [1.54, 1.807) is 37.3 Å². The van der Waals surface area contributed by atoms with E-state index in [1.165, 1.54) is 29.0 Å². The van der Waals surface area contributed by atoms with Crippen molar-refractivity contribution < 1.29 is 32.9 Å². The first kappa shape index (κ1) is 27.2. The van der Waals surface area contributed by atoms with Crippen molar-refractivity contribution in [1.29, 1.82) is 5.26 Å². The number of benzene rings is 3. The molecule has 2 N–H and O–H groups in total. The lowest BCUT2D eigenvalue weighted by Gasteiger charge is -2.16. The minimum Gasteiger partial charge on any atom is -0.507 e. The van der Waals surface area contributed by atoms with Crippen molar-refractivity contribution in [2.75, 3.05) is 6.61 Å². The molecule has 0 aliphatic heterocycles. The van der Waals surface area contributed by atoms with Gasteiger partial charge in [0, 0.05) is 45.1 Å². The minimum absolute atomic E-state index is 0.0504. The van der Waals surface area contributed by atoms with Gasteiger partial charge < -0.3 is 14.9 Å². The van der Waals surface area contributed by atoms with Crippen LogP contribution in [0, 0.1) is 18.3 Å². The number of carboxylic acid groups (broad SMARTS) is 1. The van der Waals surface area contributed by atoms with Crippen LogP contribution >= 0.6 is 22.9 Å². The van der Waals surface area contributed by atoms with Crippen LogP contribution in [0.25, 0.3) is 32.1 Å². The first-order valence-electron chi connectivity index (χ1n) is 11.8. The van der Waals surface area contributed by atoms with Crippen molar-refractivity contribution in [3.8, 4) is 28.7 Å². The average Bonchev–Trinajstić information content (AvgIpc) is 3.34. The van der Waals surface area contributed by atoms with E-state index in [9.17, 15) is 33.4 Å². The second kappa shape index (κ2) is 10.3. The van der Waals surface area contributed by atoms with Gasteiger partial charge in [-0.3, -0.25) is 4.98 Å². The van der Waals surface area contributed by atoms with Crippen molar-refractivity contribution >= 4 is 49.9 Å². The molecule has 2 heterocycles. The zero-order chi connectivity index (χ0) is 28.8. The number of hydrogen-bond donors (Lipinski definition) is 2. The minimum atomic E-state index is -4.63. The highest BCUT2D eigenvalue weighted by molar-refractivity contribution is 7.18. The van der Waals surface area contributed by atoms with Gasteiger partial charge in [-0.1, -0.05) is 17.7 Å². The quantitative estimate of drug-likeness (QED) is 0.210. The van der Waals surface area contributed by atoms with Gasteiger partial charge >= 0.3 is 12.1 Å². The van der Waals surface area contributed by atoms with E-state index in [-0.39, 0.29) is 40.7 Å². The van der Waals surface area contributed by atoms with E-state index in [0.717, 1.165) is 12.1 Å². The van der Waals surface area contributed by atoms with Gasteiger partial charge in [0.2, 0.25) is 0 Å². The predicted molar refractivity (Wildman–Crippen MR) is 146 cm³/mol. The molecule has 0 spiro atoms. The van der Waals surface area contributed by atoms with Crippen molar-refractivity contribution in [3.05, 3.63) is 86.9 Å². The van der Waals surface area contributed by atoms with Crippen molar-refractivity contribution in [2.24, 2.45) is 0 Å². The number of aromatic hydroxyl groups is 1. The van der Waals surface area contributed by atoms with Gasteiger partial charge in [0.05, 0.1) is 39.6 Å². The molecule has 3 aromatic carbocycles. The number of nitriles is 1. The fourth-order valence-corrected chi connectivity index (χ4v) is 5.87. The maximum absolute atomic E-state index is 13.3. The molecule has 0 atom stereocenters. The third kappa shape index (κ3) is 4.90. The Morgan fingerprint density at radius 1 is 1.18 bits per heavy atom. The van der Waals surface area contributed by atoms with Crippen LogP contribution in [0.2, 0.25) is 5.02 Å². The van der Waals surface area contributed by atoms with Crippen LogP contribution in [0.5, 0.6) is 11.5 Å². The molecule has 0 bridgehead atoms. The number of thiophene rings is 1. The van der Waals surface area contributed by atoms with E-state index in [0.29, 0.717) is 43.2 Å². The molecule has 40 heavy (non-hydrogen) atoms. The van der Waals surface area contributed by atoms with Crippen molar-refractivity contribution in [1.82, 2.24) is 4.98 Å². The number of pyridine rings is 1. The first-order valence-corrected chi connectivity index (χ1v) is 13.0. The number of alkyl halides is 3. The summed E-state index contributed by atoms with van der Waals surface area (Å²) >= 11 is 7.51. The molecule has 0 saturated carbocycles. The molecule has 0 amide bonds. The summed E-state index contributed by atoms with van der Waals surface area (Å²) in [5.41, 5.74) is 1.48. The van der Waals surface area contributed by atoms with E-state index < -0.39 is 17.7 Å². The van der Waals surface area contributed by atoms with Gasteiger partial charge in [-0.05, 0) is 54.3 Å². The molecule has 5 aromatic rings. The maximum atomic E-state index is 13.3. The smallest absolute Gasteiger partial charge is 0.416 e. The lowest BCUT2D eigenvalue weighted by Crippen LogP contribution is -2.07. The monoisotopic (exact) mass is 582 g/mol. The number of halogens is 4. The third-order valence-corrected chi connectivity index (χ3v) is 7.75. The lowest BCUT2D eigenvalue weighted by atomic mass is 9.93. The Labute approximate surface area is 234 Å². The topological polar surface area (TPSA) is 103 Å². The fourth-order valence-electron chi connectivity index (χ4n) is 4.67. The zero-order valence-corrected chi connectivity index (χ0v) is 22.2. The molecule has 0 radical (unpaired) electrons. The van der Waals surface area contributed by atoms with Crippen LogP contribution in [0.4, 0.5) is 13.2 Å². The second-order valence-corrected chi connectivity index (χ2v) is 10.3. The van der Waals surface area contributed by atoms with Gasteiger partial charge in [0.25, 0.3) is 0 Å². The van der Waals surface area contributed by atoms with Crippen LogP contribution in [0.3, 0.4) is 0 Å². The van der Waals surface area contributed by atoms with Crippen LogP contribution < -0.4 is 4.74 Å². The molecule has 5 rings (SSSR count). The van der Waals surface area contributed by atoms with E-state index in [1.807, 2.05) is 0 Å². The predicted octanol–water partition coefficient (Wildman–Crippen LogP) is 7.99. The molecule has 11 heteroatoms. The second-order valence-electron chi connectivity index (χ2n) is 8.98. The molecular weight excluding hydrogens is 565 g/mol. The Balaban J connectivity index is 1.48. The fraction of sp³-hybridized carbons (Fsp3) is 0.138. The molecule has 0 unspecified atom stereocenters. The highest BCUT2D eigenvalue weighted by Crippen LogP contribution is 2.41. The molecular formula is C29H18ClF3N2O4S. The summed E-state index contributed by atoms with van der Waals surface area (Å²) in [6.07, 6.45) is -2.94. The average molecular weight is 583 g/mol. The third-order valence-electron chi connectivity index (χ3n) is 6.51. The number of carboxylic acids is 1. The number of rotatable bonds is 6. The van der Waals surface area contributed by atoms with E-state index in [4.69, 9.17) is 16.3 Å². The Hall–Kier alpha value is -4.33. The first-order chi connectivity index (χ1) is 19.0. The Kier molecular flexibility index (Phi) is 7.04. The van der Waals surface area contributed by atoms with Gasteiger partial charge in [0.15, 0.2) is 0 Å². The van der Waals surface area contributed by atoms with Crippen LogP contribution in [-0.2, 0) is 12.6 Å². The number of carbonyl (C=O) groups is 1. The number of aromatic nitrogens is 1. The Morgan fingerprint density at radius 2 is 1.95 bits per heavy atom.